The third-order valence-corrected chi connectivity index (χ3v) is 6.56. The van der Waals surface area contributed by atoms with Crippen LogP contribution in [0.5, 0.6) is 11.5 Å². The Morgan fingerprint density at radius 2 is 2.11 bits per heavy atom. The molecule has 1 heterocycles. The summed E-state index contributed by atoms with van der Waals surface area (Å²) in [5.41, 5.74) is 1.61. The second kappa shape index (κ2) is 9.35. The fourth-order valence-electron chi connectivity index (χ4n) is 2.70. The summed E-state index contributed by atoms with van der Waals surface area (Å²) < 4.78 is 12.3. The van der Waals surface area contributed by atoms with Crippen molar-refractivity contribution in [1.29, 1.82) is 0 Å². The molecule has 8 heteroatoms. The van der Waals surface area contributed by atoms with Gasteiger partial charge in [-0.2, -0.15) is 0 Å². The highest BCUT2D eigenvalue weighted by Gasteiger charge is 2.33. The highest BCUT2D eigenvalue weighted by atomic mass is 79.9. The van der Waals surface area contributed by atoms with Crippen LogP contribution in [0.4, 0.5) is 5.69 Å². The quantitative estimate of drug-likeness (QED) is 0.278. The van der Waals surface area contributed by atoms with Crippen molar-refractivity contribution in [2.75, 3.05) is 24.9 Å². The Balaban J connectivity index is 1.94. The van der Waals surface area contributed by atoms with Crippen molar-refractivity contribution >= 4 is 73.7 Å². The van der Waals surface area contributed by atoms with Crippen molar-refractivity contribution in [3.05, 3.63) is 51.3 Å². The maximum atomic E-state index is 13.0. The minimum Gasteiger partial charge on any atom is -0.493 e. The van der Waals surface area contributed by atoms with E-state index in [0.717, 1.165) is 20.6 Å². The van der Waals surface area contributed by atoms with Crippen LogP contribution in [0.2, 0.25) is 0 Å². The number of nitrogens with zero attached hydrogens (tertiary/aromatic N) is 1. The van der Waals surface area contributed by atoms with Crippen molar-refractivity contribution in [3.8, 4) is 11.5 Å². The fourth-order valence-corrected chi connectivity index (χ4v) is 5.03. The largest absolute Gasteiger partial charge is 0.493 e. The van der Waals surface area contributed by atoms with Gasteiger partial charge in [-0.15, -0.1) is 11.8 Å². The highest BCUT2D eigenvalue weighted by Crippen LogP contribution is 2.40. The van der Waals surface area contributed by atoms with E-state index >= 15 is 0 Å². The number of anilines is 1. The molecule has 1 aliphatic heterocycles. The molecule has 0 N–H and O–H groups in total. The van der Waals surface area contributed by atoms with Crippen LogP contribution in [0.1, 0.15) is 12.5 Å². The molecule has 1 fully saturated rings. The van der Waals surface area contributed by atoms with Crippen LogP contribution in [0.3, 0.4) is 0 Å². The molecule has 28 heavy (non-hydrogen) atoms. The molecule has 0 bridgehead atoms. The zero-order valence-electron chi connectivity index (χ0n) is 15.5. The fraction of sp³-hybridized carbons (Fsp3) is 0.200. The van der Waals surface area contributed by atoms with Crippen LogP contribution in [0, 0.1) is 0 Å². The zero-order valence-corrected chi connectivity index (χ0v) is 19.6. The first-order chi connectivity index (χ1) is 13.5. The second-order valence-electron chi connectivity index (χ2n) is 5.69. The van der Waals surface area contributed by atoms with Gasteiger partial charge in [0.05, 0.1) is 28.8 Å². The first kappa shape index (κ1) is 21.2. The van der Waals surface area contributed by atoms with E-state index in [1.165, 1.54) is 11.8 Å². The molecule has 0 atom stereocenters. The summed E-state index contributed by atoms with van der Waals surface area (Å²) in [6.45, 7) is 2.44. The number of hydrogen-bond donors (Lipinski definition) is 0. The average molecular weight is 496 g/mol. The Morgan fingerprint density at radius 1 is 1.32 bits per heavy atom. The highest BCUT2D eigenvalue weighted by molar-refractivity contribution is 9.10. The van der Waals surface area contributed by atoms with Crippen LogP contribution in [0.25, 0.3) is 6.08 Å². The number of thiocarbonyl (C=S) groups is 1. The predicted octanol–water partition coefficient (Wildman–Crippen LogP) is 5.98. The van der Waals surface area contributed by atoms with E-state index in [-0.39, 0.29) is 5.91 Å². The smallest absolute Gasteiger partial charge is 0.270 e. The summed E-state index contributed by atoms with van der Waals surface area (Å²) in [6, 6.07) is 11.5. The van der Waals surface area contributed by atoms with Crippen molar-refractivity contribution in [1.82, 2.24) is 0 Å². The van der Waals surface area contributed by atoms with Gasteiger partial charge in [0.1, 0.15) is 0 Å². The molecular weight excluding hydrogens is 478 g/mol. The van der Waals surface area contributed by atoms with Gasteiger partial charge in [-0.05, 0) is 71.1 Å². The monoisotopic (exact) mass is 495 g/mol. The maximum Gasteiger partial charge on any atom is 0.270 e. The number of halogens is 1. The molecule has 0 spiro atoms. The van der Waals surface area contributed by atoms with Crippen LogP contribution in [-0.2, 0) is 4.79 Å². The van der Waals surface area contributed by atoms with Gasteiger partial charge in [0.15, 0.2) is 15.8 Å². The van der Waals surface area contributed by atoms with Gasteiger partial charge in [0.25, 0.3) is 5.91 Å². The Hall–Kier alpha value is -1.48. The summed E-state index contributed by atoms with van der Waals surface area (Å²) in [7, 11) is 1.59. The molecule has 4 nitrogen and oxygen atoms in total. The molecule has 0 unspecified atom stereocenters. The van der Waals surface area contributed by atoms with Gasteiger partial charge in [-0.1, -0.05) is 30.0 Å². The molecule has 2 aromatic rings. The van der Waals surface area contributed by atoms with Crippen LogP contribution >= 0.6 is 51.7 Å². The third kappa shape index (κ3) is 4.40. The SMILES string of the molecule is CCOc1c(Br)cc(/C=C2/SC(=S)N(c3cccc(SC)c3)C2=O)cc1OC. The lowest BCUT2D eigenvalue weighted by Gasteiger charge is -2.15. The number of carbonyl (C=O) groups is 1. The summed E-state index contributed by atoms with van der Waals surface area (Å²) in [4.78, 5) is 16.2. The lowest BCUT2D eigenvalue weighted by Crippen LogP contribution is -2.27. The molecule has 1 saturated heterocycles. The Bertz CT molecular complexity index is 962. The molecule has 146 valence electrons. The molecular formula is C20H18BrNO3S3. The lowest BCUT2D eigenvalue weighted by atomic mass is 10.1. The van der Waals surface area contributed by atoms with Gasteiger partial charge in [0, 0.05) is 4.90 Å². The van der Waals surface area contributed by atoms with Crippen LogP contribution < -0.4 is 14.4 Å². The zero-order chi connectivity index (χ0) is 20.3. The number of ether oxygens (including phenoxy) is 2. The number of rotatable bonds is 6. The van der Waals surface area contributed by atoms with Crippen molar-refractivity contribution < 1.29 is 14.3 Å². The summed E-state index contributed by atoms with van der Waals surface area (Å²) in [5, 5.41) is 0. The summed E-state index contributed by atoms with van der Waals surface area (Å²) in [5.74, 6) is 1.12. The Kier molecular flexibility index (Phi) is 7.09. The van der Waals surface area contributed by atoms with Gasteiger partial charge in [-0.3, -0.25) is 9.69 Å². The van der Waals surface area contributed by atoms with Crippen LogP contribution in [0.15, 0.2) is 50.7 Å². The molecule has 0 aromatic heterocycles. The maximum absolute atomic E-state index is 13.0. The molecule has 3 rings (SSSR count). The van der Waals surface area contributed by atoms with E-state index in [4.69, 9.17) is 21.7 Å². The first-order valence-electron chi connectivity index (χ1n) is 8.40. The van der Waals surface area contributed by atoms with Gasteiger partial charge < -0.3 is 9.47 Å². The standard InChI is InChI=1S/C20H18BrNO3S3/c1-4-25-18-15(21)8-12(9-16(18)24-2)10-17-19(23)22(20(26)28-17)13-6-5-7-14(11-13)27-3/h5-11H,4H2,1-3H3/b17-10+. The molecule has 1 aliphatic rings. The van der Waals surface area contributed by atoms with E-state index < -0.39 is 0 Å². The molecule has 0 aliphatic carbocycles. The number of amides is 1. The molecule has 0 saturated carbocycles. The van der Waals surface area contributed by atoms with Gasteiger partial charge >= 0.3 is 0 Å². The predicted molar refractivity (Wildman–Crippen MR) is 126 cm³/mol. The van der Waals surface area contributed by atoms with Crippen molar-refractivity contribution in [2.45, 2.75) is 11.8 Å². The first-order valence-corrected chi connectivity index (χ1v) is 11.6. The van der Waals surface area contributed by atoms with E-state index in [1.807, 2.05) is 55.7 Å². The van der Waals surface area contributed by atoms with Crippen molar-refractivity contribution in [2.24, 2.45) is 0 Å². The third-order valence-electron chi connectivity index (χ3n) is 3.94. The second-order valence-corrected chi connectivity index (χ2v) is 9.10. The van der Waals surface area contributed by atoms with Gasteiger partial charge in [0.2, 0.25) is 0 Å². The summed E-state index contributed by atoms with van der Waals surface area (Å²) in [6.07, 6.45) is 3.82. The Labute approximate surface area is 186 Å². The molecule has 2 aromatic carbocycles. The number of methoxy groups -OCH3 is 1. The normalized spacial score (nSPS) is 15.4. The number of thioether (sulfide) groups is 2. The Morgan fingerprint density at radius 3 is 2.79 bits per heavy atom. The number of benzene rings is 2. The van der Waals surface area contributed by atoms with Gasteiger partial charge in [-0.25, -0.2) is 0 Å². The van der Waals surface area contributed by atoms with E-state index in [2.05, 4.69) is 15.9 Å². The van der Waals surface area contributed by atoms with Crippen LogP contribution in [-0.4, -0.2) is 30.2 Å². The number of carbonyl (C=O) groups excluding carboxylic acids is 1. The summed E-state index contributed by atoms with van der Waals surface area (Å²) >= 11 is 11.9. The molecule has 1 amide bonds. The minimum absolute atomic E-state index is 0.128. The lowest BCUT2D eigenvalue weighted by molar-refractivity contribution is -0.113. The average Bonchev–Trinajstić information content (AvgIpc) is 2.96. The molecule has 0 radical (unpaired) electrons. The van der Waals surface area contributed by atoms with E-state index in [1.54, 1.807) is 23.8 Å². The van der Waals surface area contributed by atoms with Crippen molar-refractivity contribution in [3.63, 3.8) is 0 Å². The minimum atomic E-state index is -0.128. The number of hydrogen-bond acceptors (Lipinski definition) is 6. The topological polar surface area (TPSA) is 38.8 Å². The van der Waals surface area contributed by atoms with E-state index in [9.17, 15) is 4.79 Å². The van der Waals surface area contributed by atoms with E-state index in [0.29, 0.717) is 27.3 Å².